The minimum absolute atomic E-state index is 0.176. The summed E-state index contributed by atoms with van der Waals surface area (Å²) in [6.07, 6.45) is 8.75. The molecule has 0 radical (unpaired) electrons. The van der Waals surface area contributed by atoms with Gasteiger partial charge in [0.05, 0.1) is 5.41 Å². The molecule has 3 aliphatic rings. The number of hydrogen-bond donors (Lipinski definition) is 0. The maximum atomic E-state index is 13.8. The van der Waals surface area contributed by atoms with Crippen molar-refractivity contribution in [1.29, 1.82) is 0 Å². The second kappa shape index (κ2) is 6.42. The van der Waals surface area contributed by atoms with Gasteiger partial charge in [0.15, 0.2) is 5.78 Å². The molecule has 134 valence electrons. The summed E-state index contributed by atoms with van der Waals surface area (Å²) in [6.45, 7) is 0. The summed E-state index contributed by atoms with van der Waals surface area (Å²) in [5.41, 5.74) is -0.519. The molecule has 1 saturated heterocycles. The third-order valence-electron chi connectivity index (χ3n) is 6.63. The van der Waals surface area contributed by atoms with E-state index < -0.39 is 16.9 Å². The fourth-order valence-corrected chi connectivity index (χ4v) is 5.43. The van der Waals surface area contributed by atoms with Crippen LogP contribution >= 0.6 is 11.6 Å². The number of ketones is 1. The summed E-state index contributed by atoms with van der Waals surface area (Å²) in [4.78, 5) is 26.8. The average Bonchev–Trinajstić information content (AvgIpc) is 2.66. The molecule has 1 atom stereocenters. The summed E-state index contributed by atoms with van der Waals surface area (Å²) >= 11 is 6.03. The van der Waals surface area contributed by atoms with Crippen molar-refractivity contribution < 1.29 is 14.3 Å². The number of Topliss-reactive ketones (excluding diaryl/α,β-unsaturated/α-hetero) is 1. The molecule has 1 aliphatic heterocycles. The van der Waals surface area contributed by atoms with Crippen molar-refractivity contribution in [2.24, 2.45) is 10.8 Å². The molecule has 3 nitrogen and oxygen atoms in total. The van der Waals surface area contributed by atoms with Gasteiger partial charge in [0.25, 0.3) is 0 Å². The Labute approximate surface area is 154 Å². The summed E-state index contributed by atoms with van der Waals surface area (Å²) in [5, 5.41) is 0.652. The Bertz CT molecular complexity index is 667. The first-order valence-corrected chi connectivity index (χ1v) is 9.98. The molecule has 1 heterocycles. The highest BCUT2D eigenvalue weighted by molar-refractivity contribution is 6.30. The fourth-order valence-electron chi connectivity index (χ4n) is 5.30. The molecular formula is C21H25ClO3. The SMILES string of the molecule is O=C1OC(c2ccc(Cl)cc2)C2(CCCCC2)C(=O)C12CCCCC2. The van der Waals surface area contributed by atoms with E-state index in [1.165, 1.54) is 0 Å². The molecule has 4 rings (SSSR count). The Morgan fingerprint density at radius 1 is 0.840 bits per heavy atom. The first-order valence-electron chi connectivity index (χ1n) is 9.60. The zero-order valence-electron chi connectivity index (χ0n) is 14.6. The standard InChI is InChI=1S/C21H25ClO3/c22-16-9-7-15(8-10-16)17-20(11-3-1-4-12-20)18(23)21(19(24)25-17)13-5-2-6-14-21/h7-10,17H,1-6,11-14H2. The molecule has 1 aromatic carbocycles. The van der Waals surface area contributed by atoms with Gasteiger partial charge in [0, 0.05) is 5.02 Å². The Morgan fingerprint density at radius 2 is 1.40 bits per heavy atom. The highest BCUT2D eigenvalue weighted by atomic mass is 35.5. The Balaban J connectivity index is 1.78. The van der Waals surface area contributed by atoms with Gasteiger partial charge in [-0.05, 0) is 43.4 Å². The lowest BCUT2D eigenvalue weighted by molar-refractivity contribution is -0.198. The van der Waals surface area contributed by atoms with Gasteiger partial charge < -0.3 is 4.74 Å². The van der Waals surface area contributed by atoms with Crippen LogP contribution in [0, 0.1) is 10.8 Å². The highest BCUT2D eigenvalue weighted by Crippen LogP contribution is 2.58. The van der Waals surface area contributed by atoms with E-state index in [2.05, 4.69) is 0 Å². The van der Waals surface area contributed by atoms with Gasteiger partial charge in [0.1, 0.15) is 11.5 Å². The smallest absolute Gasteiger partial charge is 0.320 e. The Kier molecular flexibility index (Phi) is 4.39. The normalized spacial score (nSPS) is 28.1. The number of rotatable bonds is 1. The Hall–Kier alpha value is -1.35. The number of halogens is 1. The first-order chi connectivity index (χ1) is 12.1. The zero-order chi connectivity index (χ0) is 17.5. The van der Waals surface area contributed by atoms with Crippen LogP contribution in [-0.2, 0) is 14.3 Å². The zero-order valence-corrected chi connectivity index (χ0v) is 15.3. The molecule has 0 N–H and O–H groups in total. The quantitative estimate of drug-likeness (QED) is 0.497. The van der Waals surface area contributed by atoms with Crippen LogP contribution in [0.2, 0.25) is 5.02 Å². The molecule has 2 saturated carbocycles. The molecule has 4 heteroatoms. The lowest BCUT2D eigenvalue weighted by atomic mass is 9.55. The number of hydrogen-bond acceptors (Lipinski definition) is 3. The fraction of sp³-hybridized carbons (Fsp3) is 0.619. The largest absolute Gasteiger partial charge is 0.456 e. The van der Waals surface area contributed by atoms with Gasteiger partial charge in [-0.1, -0.05) is 62.3 Å². The number of benzene rings is 1. The summed E-state index contributed by atoms with van der Waals surface area (Å²) < 4.78 is 6.07. The van der Waals surface area contributed by atoms with Crippen LogP contribution in [-0.4, -0.2) is 11.8 Å². The third-order valence-corrected chi connectivity index (χ3v) is 6.88. The summed E-state index contributed by atoms with van der Waals surface area (Å²) in [5.74, 6) is -0.107. The molecule has 0 bridgehead atoms. The van der Waals surface area contributed by atoms with Crippen LogP contribution in [0.1, 0.15) is 75.9 Å². The predicted molar refractivity (Wildman–Crippen MR) is 96.3 cm³/mol. The van der Waals surface area contributed by atoms with Crippen LogP contribution in [0.15, 0.2) is 24.3 Å². The second-order valence-corrected chi connectivity index (χ2v) is 8.46. The number of esters is 1. The lowest BCUT2D eigenvalue weighted by Gasteiger charge is -2.52. The molecule has 0 amide bonds. The van der Waals surface area contributed by atoms with Gasteiger partial charge >= 0.3 is 5.97 Å². The number of carbonyl (C=O) groups is 2. The van der Waals surface area contributed by atoms with E-state index >= 15 is 0 Å². The Morgan fingerprint density at radius 3 is 2.00 bits per heavy atom. The second-order valence-electron chi connectivity index (χ2n) is 8.03. The molecule has 2 spiro atoms. The van der Waals surface area contributed by atoms with Crippen molar-refractivity contribution in [2.75, 3.05) is 0 Å². The van der Waals surface area contributed by atoms with Crippen LogP contribution in [0.4, 0.5) is 0 Å². The van der Waals surface area contributed by atoms with Crippen molar-refractivity contribution in [1.82, 2.24) is 0 Å². The van der Waals surface area contributed by atoms with Crippen LogP contribution < -0.4 is 0 Å². The van der Waals surface area contributed by atoms with E-state index in [9.17, 15) is 9.59 Å². The maximum Gasteiger partial charge on any atom is 0.320 e. The van der Waals surface area contributed by atoms with Gasteiger partial charge in [-0.25, -0.2) is 0 Å². The van der Waals surface area contributed by atoms with Crippen LogP contribution in [0.25, 0.3) is 0 Å². The monoisotopic (exact) mass is 360 g/mol. The van der Waals surface area contributed by atoms with Crippen molar-refractivity contribution in [3.05, 3.63) is 34.9 Å². The number of carbonyl (C=O) groups excluding carboxylic acids is 2. The van der Waals surface area contributed by atoms with E-state index in [4.69, 9.17) is 16.3 Å². The van der Waals surface area contributed by atoms with Gasteiger partial charge in [0.2, 0.25) is 0 Å². The summed E-state index contributed by atoms with van der Waals surface area (Å²) in [6, 6.07) is 7.44. The average molecular weight is 361 g/mol. The molecule has 1 aromatic rings. The van der Waals surface area contributed by atoms with Crippen molar-refractivity contribution in [3.8, 4) is 0 Å². The number of ether oxygens (including phenoxy) is 1. The van der Waals surface area contributed by atoms with Gasteiger partial charge in [-0.15, -0.1) is 0 Å². The van der Waals surface area contributed by atoms with Crippen molar-refractivity contribution in [3.63, 3.8) is 0 Å². The lowest BCUT2D eigenvalue weighted by Crippen LogP contribution is -2.58. The van der Waals surface area contributed by atoms with E-state index in [1.807, 2.05) is 24.3 Å². The van der Waals surface area contributed by atoms with Crippen molar-refractivity contribution >= 4 is 23.4 Å². The highest BCUT2D eigenvalue weighted by Gasteiger charge is 2.63. The molecule has 2 aliphatic carbocycles. The molecule has 25 heavy (non-hydrogen) atoms. The molecule has 1 unspecified atom stereocenters. The summed E-state index contributed by atoms with van der Waals surface area (Å²) in [7, 11) is 0. The van der Waals surface area contributed by atoms with E-state index in [-0.39, 0.29) is 11.8 Å². The third kappa shape index (κ3) is 2.63. The topological polar surface area (TPSA) is 43.4 Å². The van der Waals surface area contributed by atoms with E-state index in [0.717, 1.165) is 56.9 Å². The maximum absolute atomic E-state index is 13.8. The van der Waals surface area contributed by atoms with Gasteiger partial charge in [-0.2, -0.15) is 0 Å². The van der Waals surface area contributed by atoms with Crippen LogP contribution in [0.3, 0.4) is 0 Å². The van der Waals surface area contributed by atoms with Crippen LogP contribution in [0.5, 0.6) is 0 Å². The minimum Gasteiger partial charge on any atom is -0.456 e. The molecular weight excluding hydrogens is 336 g/mol. The van der Waals surface area contributed by atoms with Crippen molar-refractivity contribution in [2.45, 2.75) is 70.3 Å². The van der Waals surface area contributed by atoms with Gasteiger partial charge in [-0.3, -0.25) is 9.59 Å². The predicted octanol–water partition coefficient (Wildman–Crippen LogP) is 5.41. The first kappa shape index (κ1) is 17.1. The van der Waals surface area contributed by atoms with E-state index in [0.29, 0.717) is 17.9 Å². The molecule has 0 aromatic heterocycles. The molecule has 3 fully saturated rings. The van der Waals surface area contributed by atoms with E-state index in [1.54, 1.807) is 0 Å². The minimum atomic E-state index is -0.876. The number of cyclic esters (lactones) is 1.